The summed E-state index contributed by atoms with van der Waals surface area (Å²) in [6, 6.07) is 1.21. The van der Waals surface area contributed by atoms with Crippen LogP contribution in [0.15, 0.2) is 12.1 Å². The van der Waals surface area contributed by atoms with Crippen LogP contribution in [0.25, 0.3) is 0 Å². The van der Waals surface area contributed by atoms with E-state index in [1.54, 1.807) is 0 Å². The molecule has 1 heterocycles. The highest BCUT2D eigenvalue weighted by atomic mass is 19.4. The average Bonchev–Trinajstić information content (AvgIpc) is 2.26. The monoisotopic (exact) mass is 297 g/mol. The highest BCUT2D eigenvalue weighted by Gasteiger charge is 2.36. The molecule has 0 aliphatic carbocycles. The summed E-state index contributed by atoms with van der Waals surface area (Å²) in [6.45, 7) is 2.96. The number of carbonyl (C=O) groups is 1. The second kappa shape index (κ2) is 5.72. The van der Waals surface area contributed by atoms with E-state index in [1.807, 2.05) is 0 Å². The molecule has 20 heavy (non-hydrogen) atoms. The van der Waals surface area contributed by atoms with E-state index < -0.39 is 41.8 Å². The first-order valence-electron chi connectivity index (χ1n) is 5.64. The molecule has 8 heteroatoms. The molecule has 0 bridgehead atoms. The van der Waals surface area contributed by atoms with Crippen molar-refractivity contribution < 1.29 is 31.9 Å². The van der Waals surface area contributed by atoms with Crippen LogP contribution in [-0.4, -0.2) is 16.1 Å². The van der Waals surface area contributed by atoms with Gasteiger partial charge in [-0.2, -0.15) is 13.2 Å². The SMILES string of the molecule is CC(C)C(C(=O)O)c1cc(C(F)F)nc(C(F)(F)F)c1. The van der Waals surface area contributed by atoms with Crippen LogP contribution in [0.2, 0.25) is 0 Å². The number of hydrogen-bond donors (Lipinski definition) is 1. The van der Waals surface area contributed by atoms with Crippen LogP contribution in [0, 0.1) is 5.92 Å². The third-order valence-electron chi connectivity index (χ3n) is 2.67. The van der Waals surface area contributed by atoms with Gasteiger partial charge in [0.1, 0.15) is 11.4 Å². The van der Waals surface area contributed by atoms with E-state index in [1.165, 1.54) is 13.8 Å². The van der Waals surface area contributed by atoms with Gasteiger partial charge in [-0.3, -0.25) is 4.79 Å². The van der Waals surface area contributed by atoms with Crippen molar-refractivity contribution >= 4 is 5.97 Å². The molecule has 0 radical (unpaired) electrons. The summed E-state index contributed by atoms with van der Waals surface area (Å²) in [7, 11) is 0. The van der Waals surface area contributed by atoms with Crippen LogP contribution in [-0.2, 0) is 11.0 Å². The molecule has 3 nitrogen and oxygen atoms in total. The summed E-state index contributed by atoms with van der Waals surface area (Å²) in [4.78, 5) is 13.9. The smallest absolute Gasteiger partial charge is 0.433 e. The molecule has 1 atom stereocenters. The number of rotatable bonds is 4. The Labute approximate surface area is 111 Å². The molecular formula is C12H12F5NO2. The van der Waals surface area contributed by atoms with Crippen LogP contribution >= 0.6 is 0 Å². The minimum absolute atomic E-state index is 0.329. The standard InChI is InChI=1S/C12H12F5NO2/c1-5(2)9(11(19)20)6-3-7(10(13)14)18-8(4-6)12(15,16)17/h3-5,9-10H,1-2H3,(H,19,20). The van der Waals surface area contributed by atoms with E-state index in [9.17, 15) is 26.7 Å². The van der Waals surface area contributed by atoms with Crippen LogP contribution in [0.1, 0.15) is 43.1 Å². The number of pyridine rings is 1. The first kappa shape index (κ1) is 16.3. The van der Waals surface area contributed by atoms with Crippen LogP contribution in [0.4, 0.5) is 22.0 Å². The number of alkyl halides is 5. The Morgan fingerprint density at radius 3 is 2.15 bits per heavy atom. The molecule has 1 rings (SSSR count). The predicted octanol–water partition coefficient (Wildman–Crippen LogP) is 3.86. The van der Waals surface area contributed by atoms with E-state index in [0.717, 1.165) is 0 Å². The summed E-state index contributed by atoms with van der Waals surface area (Å²) in [5.41, 5.74) is -2.93. The Hall–Kier alpha value is -1.73. The highest BCUT2D eigenvalue weighted by molar-refractivity contribution is 5.76. The fourth-order valence-electron chi connectivity index (χ4n) is 1.82. The summed E-state index contributed by atoms with van der Waals surface area (Å²) in [5.74, 6) is -3.24. The maximum Gasteiger partial charge on any atom is 0.433 e. The van der Waals surface area contributed by atoms with Gasteiger partial charge in [0.2, 0.25) is 0 Å². The third-order valence-corrected chi connectivity index (χ3v) is 2.67. The molecule has 1 N–H and O–H groups in total. The third kappa shape index (κ3) is 3.64. The van der Waals surface area contributed by atoms with Crippen molar-refractivity contribution in [1.82, 2.24) is 4.98 Å². The van der Waals surface area contributed by atoms with Gasteiger partial charge >= 0.3 is 12.1 Å². The summed E-state index contributed by atoms with van der Waals surface area (Å²) < 4.78 is 63.1. The van der Waals surface area contributed by atoms with Gasteiger partial charge in [-0.1, -0.05) is 13.8 Å². The molecule has 0 saturated heterocycles. The molecule has 1 unspecified atom stereocenters. The summed E-state index contributed by atoms with van der Waals surface area (Å²) >= 11 is 0. The Bertz CT molecular complexity index is 499. The van der Waals surface area contributed by atoms with E-state index in [-0.39, 0.29) is 5.56 Å². The first-order valence-corrected chi connectivity index (χ1v) is 5.64. The number of carboxylic acid groups (broad SMARTS) is 1. The molecule has 0 aliphatic rings. The van der Waals surface area contributed by atoms with E-state index in [0.29, 0.717) is 12.1 Å². The topological polar surface area (TPSA) is 50.2 Å². The number of nitrogens with zero attached hydrogens (tertiary/aromatic N) is 1. The second-order valence-corrected chi connectivity index (χ2v) is 4.57. The zero-order chi connectivity index (χ0) is 15.7. The lowest BCUT2D eigenvalue weighted by Gasteiger charge is -2.19. The Morgan fingerprint density at radius 2 is 1.80 bits per heavy atom. The van der Waals surface area contributed by atoms with Gasteiger partial charge in [0, 0.05) is 0 Å². The zero-order valence-corrected chi connectivity index (χ0v) is 10.6. The largest absolute Gasteiger partial charge is 0.481 e. The molecule has 0 aromatic carbocycles. The number of aliphatic carboxylic acids is 1. The average molecular weight is 297 g/mol. The molecular weight excluding hydrogens is 285 g/mol. The molecule has 112 valence electrons. The van der Waals surface area contributed by atoms with Crippen LogP contribution < -0.4 is 0 Å². The number of halogens is 5. The molecule has 1 aromatic heterocycles. The van der Waals surface area contributed by atoms with Gasteiger partial charge in [0.15, 0.2) is 0 Å². The van der Waals surface area contributed by atoms with Crippen molar-refractivity contribution in [2.75, 3.05) is 0 Å². The summed E-state index contributed by atoms with van der Waals surface area (Å²) in [6.07, 6.45) is -8.13. The fraction of sp³-hybridized carbons (Fsp3) is 0.500. The second-order valence-electron chi connectivity index (χ2n) is 4.57. The molecule has 0 aliphatic heterocycles. The normalized spacial score (nSPS) is 13.8. The van der Waals surface area contributed by atoms with Gasteiger partial charge < -0.3 is 5.11 Å². The van der Waals surface area contributed by atoms with E-state index >= 15 is 0 Å². The van der Waals surface area contributed by atoms with Gasteiger partial charge in [-0.05, 0) is 23.6 Å². The number of carboxylic acids is 1. The van der Waals surface area contributed by atoms with Crippen molar-refractivity contribution in [2.45, 2.75) is 32.4 Å². The Morgan fingerprint density at radius 1 is 1.25 bits per heavy atom. The molecule has 0 spiro atoms. The van der Waals surface area contributed by atoms with Crippen molar-refractivity contribution in [3.05, 3.63) is 29.1 Å². The molecule has 0 amide bonds. The van der Waals surface area contributed by atoms with Crippen molar-refractivity contribution in [2.24, 2.45) is 5.92 Å². The van der Waals surface area contributed by atoms with Gasteiger partial charge in [0.05, 0.1) is 5.92 Å². The minimum Gasteiger partial charge on any atom is -0.481 e. The minimum atomic E-state index is -4.92. The van der Waals surface area contributed by atoms with Crippen molar-refractivity contribution in [1.29, 1.82) is 0 Å². The lowest BCUT2D eigenvalue weighted by atomic mass is 9.88. The number of hydrogen-bond acceptors (Lipinski definition) is 2. The van der Waals surface area contributed by atoms with Gasteiger partial charge in [-0.15, -0.1) is 0 Å². The lowest BCUT2D eigenvalue weighted by molar-refractivity contribution is -0.143. The predicted molar refractivity (Wildman–Crippen MR) is 59.4 cm³/mol. The lowest BCUT2D eigenvalue weighted by Crippen LogP contribution is -2.20. The number of aromatic nitrogens is 1. The van der Waals surface area contributed by atoms with Gasteiger partial charge in [-0.25, -0.2) is 13.8 Å². The van der Waals surface area contributed by atoms with E-state index in [2.05, 4.69) is 4.98 Å². The zero-order valence-electron chi connectivity index (χ0n) is 10.6. The van der Waals surface area contributed by atoms with Gasteiger partial charge in [0.25, 0.3) is 6.43 Å². The maximum absolute atomic E-state index is 12.6. The Kier molecular flexibility index (Phi) is 4.67. The Balaban J connectivity index is 3.46. The quantitative estimate of drug-likeness (QED) is 0.858. The van der Waals surface area contributed by atoms with Crippen LogP contribution in [0.3, 0.4) is 0 Å². The van der Waals surface area contributed by atoms with Crippen LogP contribution in [0.5, 0.6) is 0 Å². The molecule has 0 fully saturated rings. The van der Waals surface area contributed by atoms with E-state index in [4.69, 9.17) is 5.11 Å². The first-order chi connectivity index (χ1) is 9.04. The fourth-order valence-corrected chi connectivity index (χ4v) is 1.82. The highest BCUT2D eigenvalue weighted by Crippen LogP contribution is 2.34. The molecule has 0 saturated carbocycles. The maximum atomic E-state index is 12.6. The van der Waals surface area contributed by atoms with Crippen molar-refractivity contribution in [3.8, 4) is 0 Å². The molecule has 1 aromatic rings. The van der Waals surface area contributed by atoms with Crippen molar-refractivity contribution in [3.63, 3.8) is 0 Å². The summed E-state index contributed by atoms with van der Waals surface area (Å²) in [5, 5.41) is 9.03.